The Morgan fingerprint density at radius 3 is 2.85 bits per heavy atom. The van der Waals surface area contributed by atoms with Crippen LogP contribution in [0.25, 0.3) is 0 Å². The van der Waals surface area contributed by atoms with Crippen molar-refractivity contribution in [2.75, 3.05) is 13.7 Å². The number of nitrogens with one attached hydrogen (secondary N) is 1. The van der Waals surface area contributed by atoms with Crippen molar-refractivity contribution in [3.63, 3.8) is 0 Å². The van der Waals surface area contributed by atoms with E-state index in [0.717, 1.165) is 29.0 Å². The average molecular weight is 339 g/mol. The molecule has 0 amide bonds. The van der Waals surface area contributed by atoms with Gasteiger partial charge in [0.1, 0.15) is 5.75 Å². The van der Waals surface area contributed by atoms with Crippen LogP contribution in [0.1, 0.15) is 24.2 Å². The lowest BCUT2D eigenvalue weighted by Gasteiger charge is -2.18. The third-order valence-electron chi connectivity index (χ3n) is 3.18. The lowest BCUT2D eigenvalue weighted by Crippen LogP contribution is -2.25. The van der Waals surface area contributed by atoms with Crippen LogP contribution in [0.5, 0.6) is 5.75 Å². The van der Waals surface area contributed by atoms with E-state index in [1.54, 1.807) is 11.8 Å². The zero-order valence-electron chi connectivity index (χ0n) is 11.9. The van der Waals surface area contributed by atoms with Crippen molar-refractivity contribution in [1.82, 2.24) is 20.3 Å². The molecule has 0 radical (unpaired) electrons. The molecule has 5 nitrogen and oxygen atoms in total. The van der Waals surface area contributed by atoms with Gasteiger partial charge in [-0.1, -0.05) is 24.3 Å². The van der Waals surface area contributed by atoms with E-state index >= 15 is 0 Å². The smallest absolute Gasteiger partial charge is 0.153 e. The summed E-state index contributed by atoms with van der Waals surface area (Å²) in [5, 5.41) is 11.6. The fraction of sp³-hybridized carbons (Fsp3) is 0.429. The van der Waals surface area contributed by atoms with Crippen molar-refractivity contribution in [3.8, 4) is 5.75 Å². The van der Waals surface area contributed by atoms with Gasteiger partial charge in [-0.3, -0.25) is 0 Å². The first-order chi connectivity index (χ1) is 9.65. The van der Waals surface area contributed by atoms with Crippen LogP contribution < -0.4 is 10.1 Å². The number of benzene rings is 1. The summed E-state index contributed by atoms with van der Waals surface area (Å²) in [7, 11) is 3.59. The van der Waals surface area contributed by atoms with Gasteiger partial charge < -0.3 is 10.1 Å². The highest BCUT2D eigenvalue weighted by Gasteiger charge is 2.19. The fourth-order valence-corrected chi connectivity index (χ4v) is 2.86. The van der Waals surface area contributed by atoms with Crippen molar-refractivity contribution in [2.45, 2.75) is 19.4 Å². The van der Waals surface area contributed by atoms with E-state index < -0.39 is 0 Å². The van der Waals surface area contributed by atoms with E-state index in [1.165, 1.54) is 5.56 Å². The van der Waals surface area contributed by atoms with Gasteiger partial charge in [0.2, 0.25) is 0 Å². The van der Waals surface area contributed by atoms with Crippen LogP contribution >= 0.6 is 15.9 Å². The second kappa shape index (κ2) is 6.85. The maximum atomic E-state index is 5.27. The number of ether oxygens (including phenoxy) is 1. The van der Waals surface area contributed by atoms with Gasteiger partial charge >= 0.3 is 0 Å². The van der Waals surface area contributed by atoms with Gasteiger partial charge in [0.15, 0.2) is 4.60 Å². The Labute approximate surface area is 127 Å². The van der Waals surface area contributed by atoms with Crippen LogP contribution in [0.3, 0.4) is 0 Å². The summed E-state index contributed by atoms with van der Waals surface area (Å²) in [6, 6.07) is 8.27. The Morgan fingerprint density at radius 2 is 2.25 bits per heavy atom. The second-order valence-electron chi connectivity index (χ2n) is 4.56. The number of aromatic nitrogens is 3. The van der Waals surface area contributed by atoms with Crippen LogP contribution in [0, 0.1) is 0 Å². The van der Waals surface area contributed by atoms with E-state index in [1.807, 2.05) is 19.2 Å². The number of nitrogens with zero attached hydrogens (tertiary/aromatic N) is 3. The largest absolute Gasteiger partial charge is 0.497 e. The lowest BCUT2D eigenvalue weighted by atomic mass is 10.0. The van der Waals surface area contributed by atoms with E-state index in [2.05, 4.69) is 50.6 Å². The first-order valence-corrected chi connectivity index (χ1v) is 7.36. The Kier molecular flexibility index (Phi) is 5.14. The summed E-state index contributed by atoms with van der Waals surface area (Å²) >= 11 is 3.47. The molecule has 6 heteroatoms. The molecule has 108 valence electrons. The highest BCUT2D eigenvalue weighted by atomic mass is 79.9. The summed E-state index contributed by atoms with van der Waals surface area (Å²) in [4.78, 5) is 0. The quantitative estimate of drug-likeness (QED) is 0.879. The van der Waals surface area contributed by atoms with Crippen LogP contribution in [0.15, 0.2) is 28.9 Å². The van der Waals surface area contributed by atoms with Crippen molar-refractivity contribution in [3.05, 3.63) is 40.1 Å². The third-order valence-corrected chi connectivity index (χ3v) is 3.75. The highest BCUT2D eigenvalue weighted by molar-refractivity contribution is 9.10. The molecule has 20 heavy (non-hydrogen) atoms. The first kappa shape index (κ1) is 15.0. The van der Waals surface area contributed by atoms with Gasteiger partial charge in [0.25, 0.3) is 0 Å². The zero-order valence-corrected chi connectivity index (χ0v) is 13.5. The number of likely N-dealkylation sites (N-methyl/N-ethyl adjacent to an activating group) is 1. The fourth-order valence-electron chi connectivity index (χ4n) is 2.26. The SMILES string of the molecule is CCNC(Cc1cccc(OC)c1)c1c(Br)nnn1C. The Hall–Kier alpha value is -1.40. The molecule has 0 aliphatic heterocycles. The number of rotatable bonds is 6. The van der Waals surface area contributed by atoms with Crippen molar-refractivity contribution >= 4 is 15.9 Å². The molecule has 0 saturated heterocycles. The standard InChI is InChI=1S/C14H19BrN4O/c1-4-16-12(13-14(15)17-18-19(13)2)9-10-6-5-7-11(8-10)20-3/h5-8,12,16H,4,9H2,1-3H3. The van der Waals surface area contributed by atoms with Gasteiger partial charge in [0.05, 0.1) is 18.8 Å². The minimum atomic E-state index is 0.154. The summed E-state index contributed by atoms with van der Waals surface area (Å²) in [6.07, 6.45) is 0.852. The molecule has 1 atom stereocenters. The van der Waals surface area contributed by atoms with Crippen LogP contribution in [-0.4, -0.2) is 28.6 Å². The number of methoxy groups -OCH3 is 1. The van der Waals surface area contributed by atoms with Gasteiger partial charge in [-0.05, 0) is 46.6 Å². The number of aryl methyl sites for hydroxylation is 1. The number of halogens is 1. The molecule has 2 rings (SSSR count). The van der Waals surface area contributed by atoms with Crippen LogP contribution in [0.4, 0.5) is 0 Å². The minimum absolute atomic E-state index is 0.154. The average Bonchev–Trinajstić information content (AvgIpc) is 2.78. The normalized spacial score (nSPS) is 12.4. The van der Waals surface area contributed by atoms with E-state index in [9.17, 15) is 0 Å². The Morgan fingerprint density at radius 1 is 1.45 bits per heavy atom. The molecule has 1 heterocycles. The van der Waals surface area contributed by atoms with Crippen LogP contribution in [-0.2, 0) is 13.5 Å². The molecule has 0 fully saturated rings. The summed E-state index contributed by atoms with van der Waals surface area (Å²) in [5.41, 5.74) is 2.26. The van der Waals surface area contributed by atoms with Gasteiger partial charge in [0, 0.05) is 7.05 Å². The molecule has 1 aromatic carbocycles. The Balaban J connectivity index is 2.25. The van der Waals surface area contributed by atoms with Gasteiger partial charge in [-0.2, -0.15) is 0 Å². The first-order valence-electron chi connectivity index (χ1n) is 6.57. The van der Waals surface area contributed by atoms with Gasteiger partial charge in [-0.25, -0.2) is 4.68 Å². The van der Waals surface area contributed by atoms with E-state index in [-0.39, 0.29) is 6.04 Å². The Bertz CT molecular complexity index is 551. The summed E-state index contributed by atoms with van der Waals surface area (Å²) in [6.45, 7) is 2.97. The molecule has 0 saturated carbocycles. The monoisotopic (exact) mass is 338 g/mol. The molecule has 0 bridgehead atoms. The summed E-state index contributed by atoms with van der Waals surface area (Å²) < 4.78 is 7.86. The molecule has 0 aliphatic rings. The van der Waals surface area contributed by atoms with E-state index in [4.69, 9.17) is 4.74 Å². The molecule has 0 spiro atoms. The molecular formula is C14H19BrN4O. The molecule has 1 N–H and O–H groups in total. The number of hydrogen-bond acceptors (Lipinski definition) is 4. The third kappa shape index (κ3) is 3.37. The van der Waals surface area contributed by atoms with E-state index in [0.29, 0.717) is 0 Å². The second-order valence-corrected chi connectivity index (χ2v) is 5.31. The van der Waals surface area contributed by atoms with Crippen LogP contribution in [0.2, 0.25) is 0 Å². The maximum Gasteiger partial charge on any atom is 0.153 e. The predicted molar refractivity (Wildman–Crippen MR) is 81.8 cm³/mol. The van der Waals surface area contributed by atoms with Crippen molar-refractivity contribution in [2.24, 2.45) is 7.05 Å². The molecular weight excluding hydrogens is 320 g/mol. The number of hydrogen-bond donors (Lipinski definition) is 1. The minimum Gasteiger partial charge on any atom is -0.497 e. The summed E-state index contributed by atoms with van der Waals surface area (Å²) in [5.74, 6) is 0.875. The van der Waals surface area contributed by atoms with Gasteiger partial charge in [-0.15, -0.1) is 5.10 Å². The molecule has 2 aromatic rings. The topological polar surface area (TPSA) is 52.0 Å². The molecule has 0 aliphatic carbocycles. The predicted octanol–water partition coefficient (Wildman–Crippen LogP) is 2.48. The van der Waals surface area contributed by atoms with Crippen molar-refractivity contribution in [1.29, 1.82) is 0 Å². The lowest BCUT2D eigenvalue weighted by molar-refractivity contribution is 0.413. The molecule has 1 unspecified atom stereocenters. The molecule has 1 aromatic heterocycles. The van der Waals surface area contributed by atoms with Crippen molar-refractivity contribution < 1.29 is 4.74 Å². The highest BCUT2D eigenvalue weighted by Crippen LogP contribution is 2.25. The zero-order chi connectivity index (χ0) is 14.5. The maximum absolute atomic E-state index is 5.27.